The van der Waals surface area contributed by atoms with Crippen LogP contribution in [0.15, 0.2) is 163 Å². The number of hydrogen-bond acceptors (Lipinski definition) is 2. The first-order valence-electron chi connectivity index (χ1n) is 18.8. The van der Waals surface area contributed by atoms with Crippen molar-refractivity contribution >= 4 is 28.0 Å². The van der Waals surface area contributed by atoms with Gasteiger partial charge in [0.05, 0.1) is 11.4 Å². The second-order valence-electron chi connectivity index (χ2n) is 15.5. The van der Waals surface area contributed by atoms with Gasteiger partial charge in [-0.25, -0.2) is 4.99 Å². The molecule has 278 valence electrons. The first kappa shape index (κ1) is 40.3. The Hall–Kier alpha value is -4.85. The van der Waals surface area contributed by atoms with Crippen molar-refractivity contribution in [2.45, 2.75) is 65.2 Å². The van der Waals surface area contributed by atoms with E-state index in [1.807, 2.05) is 27.7 Å². The molecule has 0 heterocycles. The van der Waals surface area contributed by atoms with Gasteiger partial charge in [-0.3, -0.25) is 4.79 Å². The molecule has 6 aromatic rings. The Morgan fingerprint density at radius 2 is 1.09 bits per heavy atom. The van der Waals surface area contributed by atoms with Crippen LogP contribution in [0.1, 0.15) is 104 Å². The van der Waals surface area contributed by atoms with Gasteiger partial charge < -0.3 is 7.43 Å². The molecule has 0 saturated carbocycles. The van der Waals surface area contributed by atoms with E-state index in [2.05, 4.69) is 165 Å². The molecule has 0 spiro atoms. The van der Waals surface area contributed by atoms with Crippen LogP contribution in [0.25, 0.3) is 10.8 Å². The minimum atomic E-state index is -0.557. The topological polar surface area (TPSA) is 29.4 Å². The summed E-state index contributed by atoms with van der Waals surface area (Å²) in [5.74, 6) is 0.714. The van der Waals surface area contributed by atoms with Gasteiger partial charge in [-0.05, 0) is 70.0 Å². The zero-order valence-corrected chi connectivity index (χ0v) is 33.4. The Morgan fingerprint density at radius 3 is 1.52 bits per heavy atom. The number of aliphatic imine (C=N–C) groups is 1. The maximum absolute atomic E-state index is 14.0. The van der Waals surface area contributed by atoms with Crippen LogP contribution >= 0.6 is 0 Å². The van der Waals surface area contributed by atoms with Crippen molar-refractivity contribution in [2.75, 3.05) is 0 Å². The molecule has 6 aromatic carbocycles. The molecule has 0 aliphatic heterocycles. The molecule has 3 heteroatoms. The first-order chi connectivity index (χ1) is 25.2. The molecule has 0 radical (unpaired) electrons. The van der Waals surface area contributed by atoms with Crippen LogP contribution in [0.3, 0.4) is 0 Å². The van der Waals surface area contributed by atoms with Crippen molar-refractivity contribution in [3.63, 3.8) is 0 Å². The van der Waals surface area contributed by atoms with Crippen LogP contribution in [0.2, 0.25) is 0 Å². The molecule has 0 N–H and O–H groups in total. The smallest absolute Gasteiger partial charge is 0.182 e. The van der Waals surface area contributed by atoms with E-state index < -0.39 is 5.41 Å². The minimum Gasteiger partial charge on any atom is -0.358 e. The minimum absolute atomic E-state index is 0. The van der Waals surface area contributed by atoms with E-state index in [1.54, 1.807) is 0 Å². The van der Waals surface area contributed by atoms with E-state index in [-0.39, 0.29) is 47.5 Å². The van der Waals surface area contributed by atoms with E-state index in [0.717, 1.165) is 29.5 Å². The Morgan fingerprint density at radius 1 is 0.630 bits per heavy atom. The fourth-order valence-corrected chi connectivity index (χ4v) is 8.09. The molecule has 0 saturated heterocycles. The number of hydrogen-bond donors (Lipinski definition) is 0. The van der Waals surface area contributed by atoms with E-state index in [1.165, 1.54) is 38.8 Å². The summed E-state index contributed by atoms with van der Waals surface area (Å²) < 4.78 is 0. The summed E-state index contributed by atoms with van der Waals surface area (Å²) in [4.78, 5) is 19.4. The normalized spacial score (nSPS) is 15.9. The number of allylic oxidation sites excluding steroid dienone is 2. The second-order valence-corrected chi connectivity index (χ2v) is 15.5. The summed E-state index contributed by atoms with van der Waals surface area (Å²) in [5, 5.41) is 2.33. The van der Waals surface area contributed by atoms with Gasteiger partial charge in [-0.15, -0.1) is 0 Å². The molecule has 2 atom stereocenters. The van der Waals surface area contributed by atoms with Crippen molar-refractivity contribution in [1.82, 2.24) is 0 Å². The average molecular weight is 754 g/mol. The van der Waals surface area contributed by atoms with Gasteiger partial charge in [-0.2, -0.15) is 0 Å². The molecular weight excluding hydrogens is 701 g/mol. The predicted molar refractivity (Wildman–Crippen MR) is 226 cm³/mol. The van der Waals surface area contributed by atoms with E-state index in [4.69, 9.17) is 4.99 Å². The quantitative estimate of drug-likeness (QED) is 0.0475. The standard InChI is InChI=1S/C50H49NO.CH3.Ni/c1-34-29-31-36(32-30-34)41-27-18-28-42-43(45(37-19-10-6-11-20-37)38-21-12-7-13-22-38)33-44(48(47(41)42)51-35(2)49(52)50(3,4)5)46(39-23-14-8-15-24-39)40-25-16-9-17-26-40;;/h6-29,31,33-34,36,45-46H,30,32H2,1-5H3;1H3;/q;-1;. The first-order valence-corrected chi connectivity index (χ1v) is 18.8. The molecule has 0 aromatic heterocycles. The summed E-state index contributed by atoms with van der Waals surface area (Å²) in [6, 6.07) is 52.6. The molecule has 0 amide bonds. The molecular formula is C51H52NNiO-. The molecule has 1 aliphatic rings. The number of carbonyl (C=O) groups is 1. The Balaban J connectivity index is 0.00000280. The second kappa shape index (κ2) is 17.5. The fourth-order valence-electron chi connectivity index (χ4n) is 8.09. The van der Waals surface area contributed by atoms with Gasteiger partial charge in [0.15, 0.2) is 5.78 Å². The van der Waals surface area contributed by atoms with Gasteiger partial charge >= 0.3 is 0 Å². The number of fused-ring (bicyclic) bond motifs is 1. The Kier molecular flexibility index (Phi) is 13.1. The number of ketones is 1. The van der Waals surface area contributed by atoms with E-state index in [0.29, 0.717) is 11.6 Å². The summed E-state index contributed by atoms with van der Waals surface area (Å²) in [6.45, 7) is 10.2. The van der Waals surface area contributed by atoms with Gasteiger partial charge in [0, 0.05) is 45.0 Å². The summed E-state index contributed by atoms with van der Waals surface area (Å²) >= 11 is 0. The summed E-state index contributed by atoms with van der Waals surface area (Å²) in [7, 11) is 0. The molecule has 7 rings (SSSR count). The van der Waals surface area contributed by atoms with Crippen molar-refractivity contribution in [3.8, 4) is 0 Å². The van der Waals surface area contributed by atoms with Crippen LogP contribution in [-0.4, -0.2) is 11.5 Å². The van der Waals surface area contributed by atoms with E-state index in [9.17, 15) is 4.79 Å². The number of rotatable bonds is 9. The summed E-state index contributed by atoms with van der Waals surface area (Å²) in [6.07, 6.45) is 6.99. The summed E-state index contributed by atoms with van der Waals surface area (Å²) in [5.41, 5.74) is 9.36. The van der Waals surface area contributed by atoms with Crippen molar-refractivity contribution in [1.29, 1.82) is 0 Å². The fraction of sp³-hybridized carbons (Fsp3) is 0.235. The van der Waals surface area contributed by atoms with Crippen LogP contribution in [-0.2, 0) is 21.3 Å². The van der Waals surface area contributed by atoms with Gasteiger partial charge in [0.25, 0.3) is 0 Å². The number of benzene rings is 6. The molecule has 0 fully saturated rings. The molecule has 54 heavy (non-hydrogen) atoms. The van der Waals surface area contributed by atoms with Crippen LogP contribution in [0.4, 0.5) is 5.69 Å². The largest absolute Gasteiger partial charge is 0.358 e. The average Bonchev–Trinajstić information content (AvgIpc) is 3.17. The Bertz CT molecular complexity index is 2140. The van der Waals surface area contributed by atoms with Gasteiger partial charge in [-0.1, -0.05) is 185 Å². The van der Waals surface area contributed by atoms with Crippen LogP contribution < -0.4 is 0 Å². The van der Waals surface area contributed by atoms with Crippen molar-refractivity contribution in [2.24, 2.45) is 16.3 Å². The zero-order chi connectivity index (χ0) is 36.2. The Labute approximate surface area is 333 Å². The van der Waals surface area contributed by atoms with Crippen LogP contribution in [0, 0.1) is 18.8 Å². The number of nitrogens with zero attached hydrogens (tertiary/aromatic N) is 1. The zero-order valence-electron chi connectivity index (χ0n) is 32.4. The van der Waals surface area contributed by atoms with Gasteiger partial charge in [0.2, 0.25) is 0 Å². The van der Waals surface area contributed by atoms with Crippen molar-refractivity contribution in [3.05, 3.63) is 204 Å². The number of carbonyl (C=O) groups excluding carboxylic acids is 1. The maximum Gasteiger partial charge on any atom is 0.182 e. The molecule has 1 aliphatic carbocycles. The maximum atomic E-state index is 14.0. The van der Waals surface area contributed by atoms with Crippen LogP contribution in [0.5, 0.6) is 0 Å². The third-order valence-corrected chi connectivity index (χ3v) is 10.7. The SMILES string of the molecule is CC(=Nc1c(C(c2ccccc2)c2ccccc2)cc(C(c2ccccc2)c2ccccc2)c2cccc(C3C=CC(C)CC3)c12)C(=O)C(C)(C)C.[CH3-].[Ni]. The third-order valence-electron chi connectivity index (χ3n) is 10.7. The monoisotopic (exact) mass is 752 g/mol. The molecule has 2 unspecified atom stereocenters. The molecule has 2 nitrogen and oxygen atoms in total. The van der Waals surface area contributed by atoms with Crippen molar-refractivity contribution < 1.29 is 21.3 Å². The predicted octanol–water partition coefficient (Wildman–Crippen LogP) is 13.4. The van der Waals surface area contributed by atoms with Gasteiger partial charge in [0.1, 0.15) is 0 Å². The molecule has 0 bridgehead atoms. The van der Waals surface area contributed by atoms with E-state index >= 15 is 0 Å². The number of Topliss-reactive ketones (excluding diaryl/α,β-unsaturated/α-hetero) is 1. The third kappa shape index (κ3) is 8.43.